The predicted molar refractivity (Wildman–Crippen MR) is 101 cm³/mol. The molecule has 3 aromatic rings. The van der Waals surface area contributed by atoms with Gasteiger partial charge in [0.1, 0.15) is 17.4 Å². The fourth-order valence-corrected chi connectivity index (χ4v) is 2.63. The van der Waals surface area contributed by atoms with Crippen LogP contribution in [0.5, 0.6) is 11.6 Å². The number of carbonyl (C=O) groups is 2. The fraction of sp³-hybridized carbons (Fsp3) is 0. The molecule has 1 aromatic heterocycles. The average Bonchev–Trinajstić information content (AvgIpc) is 2.64. The summed E-state index contributed by atoms with van der Waals surface area (Å²) in [7, 11) is 0. The molecule has 0 saturated carbocycles. The Kier molecular flexibility index (Phi) is 5.65. The van der Waals surface area contributed by atoms with Gasteiger partial charge in [-0.05, 0) is 30.3 Å². The molecule has 6 nitrogen and oxygen atoms in total. The van der Waals surface area contributed by atoms with Crippen LogP contribution in [0, 0.1) is 11.6 Å². The van der Waals surface area contributed by atoms with Gasteiger partial charge in [-0.2, -0.15) is 0 Å². The van der Waals surface area contributed by atoms with Gasteiger partial charge in [0.2, 0.25) is 5.88 Å². The third kappa shape index (κ3) is 4.49. The van der Waals surface area contributed by atoms with Crippen molar-refractivity contribution >= 4 is 33.4 Å². The summed E-state index contributed by atoms with van der Waals surface area (Å²) in [4.78, 5) is 27.5. The molecule has 0 saturated heterocycles. The Hall–Kier alpha value is -3.33. The molecule has 2 amide bonds. The number of nitrogens with two attached hydrogens (primary N) is 1. The van der Waals surface area contributed by atoms with Gasteiger partial charge in [0.05, 0.1) is 16.8 Å². The van der Waals surface area contributed by atoms with Crippen molar-refractivity contribution in [1.29, 1.82) is 0 Å². The highest BCUT2D eigenvalue weighted by atomic mass is 79.9. The van der Waals surface area contributed by atoms with Gasteiger partial charge >= 0.3 is 0 Å². The second kappa shape index (κ2) is 8.13. The standard InChI is InChI=1S/C19H12BrF2N3O3/c20-11-2-1-3-12(6-11)28-17-5-4-10(9-24-17)19(27)25-16-7-13(18(23)26)14(21)8-15(16)22/h1-9H,(H2,23,26)(H,25,27). The first-order chi connectivity index (χ1) is 13.3. The average molecular weight is 448 g/mol. The quantitative estimate of drug-likeness (QED) is 0.610. The highest BCUT2D eigenvalue weighted by molar-refractivity contribution is 9.10. The molecule has 0 bridgehead atoms. The molecule has 0 spiro atoms. The van der Waals surface area contributed by atoms with Crippen molar-refractivity contribution < 1.29 is 23.1 Å². The van der Waals surface area contributed by atoms with Crippen LogP contribution in [-0.4, -0.2) is 16.8 Å². The van der Waals surface area contributed by atoms with Crippen molar-refractivity contribution in [2.45, 2.75) is 0 Å². The smallest absolute Gasteiger partial charge is 0.257 e. The van der Waals surface area contributed by atoms with Crippen LogP contribution < -0.4 is 15.8 Å². The van der Waals surface area contributed by atoms with Gasteiger partial charge in [-0.15, -0.1) is 0 Å². The molecule has 2 aromatic carbocycles. The van der Waals surface area contributed by atoms with E-state index in [1.807, 2.05) is 6.07 Å². The van der Waals surface area contributed by atoms with E-state index < -0.39 is 29.0 Å². The number of halogens is 3. The van der Waals surface area contributed by atoms with E-state index >= 15 is 0 Å². The maximum atomic E-state index is 13.9. The lowest BCUT2D eigenvalue weighted by Crippen LogP contribution is -2.17. The van der Waals surface area contributed by atoms with Crippen molar-refractivity contribution in [2.75, 3.05) is 5.32 Å². The van der Waals surface area contributed by atoms with Crippen LogP contribution in [0.15, 0.2) is 59.2 Å². The summed E-state index contributed by atoms with van der Waals surface area (Å²) in [6, 6.07) is 11.3. The van der Waals surface area contributed by atoms with Crippen LogP contribution in [-0.2, 0) is 0 Å². The molecule has 142 valence electrons. The Morgan fingerprint density at radius 2 is 1.86 bits per heavy atom. The zero-order valence-electron chi connectivity index (χ0n) is 14.1. The van der Waals surface area contributed by atoms with E-state index in [2.05, 4.69) is 26.2 Å². The maximum Gasteiger partial charge on any atom is 0.257 e. The number of benzene rings is 2. The van der Waals surface area contributed by atoms with Crippen molar-refractivity contribution in [1.82, 2.24) is 4.98 Å². The lowest BCUT2D eigenvalue weighted by molar-refractivity contribution is 0.0992. The number of carbonyl (C=O) groups excluding carboxylic acids is 2. The topological polar surface area (TPSA) is 94.3 Å². The summed E-state index contributed by atoms with van der Waals surface area (Å²) < 4.78 is 33.8. The minimum Gasteiger partial charge on any atom is -0.439 e. The number of hydrogen-bond acceptors (Lipinski definition) is 4. The van der Waals surface area contributed by atoms with Gasteiger partial charge in [0.25, 0.3) is 11.8 Å². The third-order valence-electron chi connectivity index (χ3n) is 3.59. The summed E-state index contributed by atoms with van der Waals surface area (Å²) in [5, 5.41) is 2.25. The highest BCUT2D eigenvalue weighted by Crippen LogP contribution is 2.24. The number of rotatable bonds is 5. The largest absolute Gasteiger partial charge is 0.439 e. The van der Waals surface area contributed by atoms with E-state index in [1.165, 1.54) is 18.3 Å². The van der Waals surface area contributed by atoms with Gasteiger partial charge in [0.15, 0.2) is 0 Å². The third-order valence-corrected chi connectivity index (χ3v) is 4.08. The summed E-state index contributed by atoms with van der Waals surface area (Å²) >= 11 is 3.33. The molecule has 3 N–H and O–H groups in total. The first-order valence-corrected chi connectivity index (χ1v) is 8.62. The van der Waals surface area contributed by atoms with E-state index in [-0.39, 0.29) is 17.1 Å². The molecule has 28 heavy (non-hydrogen) atoms. The lowest BCUT2D eigenvalue weighted by atomic mass is 10.1. The number of ether oxygens (including phenoxy) is 1. The summed E-state index contributed by atoms with van der Waals surface area (Å²) in [5.74, 6) is -3.15. The van der Waals surface area contributed by atoms with E-state index in [0.717, 1.165) is 10.5 Å². The first kappa shape index (κ1) is 19.4. The zero-order chi connectivity index (χ0) is 20.3. The molecule has 1 heterocycles. The molecule has 9 heteroatoms. The van der Waals surface area contributed by atoms with Gasteiger partial charge in [-0.25, -0.2) is 13.8 Å². The number of hydrogen-bond donors (Lipinski definition) is 2. The molecule has 0 fully saturated rings. The molecule has 3 rings (SSSR count). The Morgan fingerprint density at radius 3 is 2.50 bits per heavy atom. The number of amides is 2. The van der Waals surface area contributed by atoms with Gasteiger partial charge in [-0.3, -0.25) is 9.59 Å². The summed E-state index contributed by atoms with van der Waals surface area (Å²) in [5.41, 5.74) is 4.21. The highest BCUT2D eigenvalue weighted by Gasteiger charge is 2.16. The minimum atomic E-state index is -1.11. The van der Waals surface area contributed by atoms with Crippen molar-refractivity contribution in [3.05, 3.63) is 82.0 Å². The van der Waals surface area contributed by atoms with Crippen molar-refractivity contribution in [2.24, 2.45) is 5.73 Å². The summed E-state index contributed by atoms with van der Waals surface area (Å²) in [6.45, 7) is 0. The number of nitrogens with zero attached hydrogens (tertiary/aromatic N) is 1. The second-order valence-electron chi connectivity index (χ2n) is 5.57. The normalized spacial score (nSPS) is 10.4. The minimum absolute atomic E-state index is 0.103. The maximum absolute atomic E-state index is 13.9. The Morgan fingerprint density at radius 1 is 1.07 bits per heavy atom. The van der Waals surface area contributed by atoms with Gasteiger partial charge in [-0.1, -0.05) is 22.0 Å². The monoisotopic (exact) mass is 447 g/mol. The van der Waals surface area contributed by atoms with Crippen LogP contribution in [0.2, 0.25) is 0 Å². The molecule has 0 unspecified atom stereocenters. The lowest BCUT2D eigenvalue weighted by Gasteiger charge is -2.09. The Labute approximate surface area is 166 Å². The Bertz CT molecular complexity index is 1060. The number of aromatic nitrogens is 1. The predicted octanol–water partition coefficient (Wildman–Crippen LogP) is 4.27. The Balaban J connectivity index is 1.75. The molecule has 0 aliphatic carbocycles. The molecule has 0 atom stereocenters. The molecule has 0 radical (unpaired) electrons. The molecular weight excluding hydrogens is 436 g/mol. The molecule has 0 aliphatic rings. The van der Waals surface area contributed by atoms with Gasteiger partial charge in [0, 0.05) is 22.8 Å². The van der Waals surface area contributed by atoms with E-state index in [0.29, 0.717) is 11.8 Å². The SMILES string of the molecule is NC(=O)c1cc(NC(=O)c2ccc(Oc3cccc(Br)c3)nc2)c(F)cc1F. The van der Waals surface area contributed by atoms with Crippen LogP contribution in [0.25, 0.3) is 0 Å². The number of pyridine rings is 1. The van der Waals surface area contributed by atoms with Crippen LogP contribution in [0.1, 0.15) is 20.7 Å². The van der Waals surface area contributed by atoms with Gasteiger partial charge < -0.3 is 15.8 Å². The van der Waals surface area contributed by atoms with Crippen LogP contribution >= 0.6 is 15.9 Å². The number of nitrogens with one attached hydrogen (secondary N) is 1. The van der Waals surface area contributed by atoms with E-state index in [4.69, 9.17) is 10.5 Å². The van der Waals surface area contributed by atoms with Crippen molar-refractivity contribution in [3.8, 4) is 11.6 Å². The van der Waals surface area contributed by atoms with Crippen molar-refractivity contribution in [3.63, 3.8) is 0 Å². The second-order valence-corrected chi connectivity index (χ2v) is 6.49. The van der Waals surface area contributed by atoms with E-state index in [1.54, 1.807) is 18.2 Å². The molecular formula is C19H12BrF2N3O3. The fourth-order valence-electron chi connectivity index (χ4n) is 2.25. The number of anilines is 1. The number of primary amides is 1. The van der Waals surface area contributed by atoms with Crippen LogP contribution in [0.4, 0.5) is 14.5 Å². The van der Waals surface area contributed by atoms with E-state index in [9.17, 15) is 18.4 Å². The van der Waals surface area contributed by atoms with Crippen LogP contribution in [0.3, 0.4) is 0 Å². The zero-order valence-corrected chi connectivity index (χ0v) is 15.7. The first-order valence-electron chi connectivity index (χ1n) is 7.83. The molecule has 0 aliphatic heterocycles. The summed E-state index contributed by atoms with van der Waals surface area (Å²) in [6.07, 6.45) is 1.24.